The highest BCUT2D eigenvalue weighted by Gasteiger charge is 2.24. The molecule has 1 heterocycles. The molecule has 23 heavy (non-hydrogen) atoms. The Kier molecular flexibility index (Phi) is 7.52. The lowest BCUT2D eigenvalue weighted by Gasteiger charge is -2.32. The number of nitrogens with one attached hydrogen (secondary N) is 1. The van der Waals surface area contributed by atoms with E-state index in [0.717, 1.165) is 19.4 Å². The molecule has 1 unspecified atom stereocenters. The van der Waals surface area contributed by atoms with E-state index in [1.165, 1.54) is 0 Å². The van der Waals surface area contributed by atoms with Gasteiger partial charge in [0.05, 0.1) is 0 Å². The second kappa shape index (κ2) is 8.89. The molecule has 2 amide bonds. The van der Waals surface area contributed by atoms with E-state index in [-0.39, 0.29) is 18.2 Å². The van der Waals surface area contributed by atoms with Crippen molar-refractivity contribution in [2.75, 3.05) is 19.6 Å². The summed E-state index contributed by atoms with van der Waals surface area (Å²) in [6.07, 6.45) is 3.81. The van der Waals surface area contributed by atoms with Crippen LogP contribution in [0.3, 0.4) is 0 Å². The topological polar surface area (TPSA) is 86.7 Å². The predicted octanol–water partition coefficient (Wildman–Crippen LogP) is 2.03. The zero-order chi connectivity index (χ0) is 17.5. The molecule has 0 saturated carbocycles. The summed E-state index contributed by atoms with van der Waals surface area (Å²) in [5.74, 6) is -0.376. The Bertz CT molecular complexity index is 429. The van der Waals surface area contributed by atoms with E-state index in [9.17, 15) is 14.4 Å². The van der Waals surface area contributed by atoms with Gasteiger partial charge in [0.15, 0.2) is 0 Å². The van der Waals surface area contributed by atoms with Gasteiger partial charge in [-0.15, -0.1) is 0 Å². The minimum Gasteiger partial charge on any atom is -0.481 e. The molecule has 6 heteroatoms. The van der Waals surface area contributed by atoms with E-state index in [1.54, 1.807) is 0 Å². The molecule has 0 radical (unpaired) electrons. The SMILES string of the molecule is CC(C)(C)C(=O)NCCCC(=O)N1CCCC(CCC(=O)O)C1. The number of hydrogen-bond acceptors (Lipinski definition) is 3. The third kappa shape index (κ3) is 7.48. The van der Waals surface area contributed by atoms with Gasteiger partial charge in [-0.2, -0.15) is 0 Å². The maximum absolute atomic E-state index is 12.2. The van der Waals surface area contributed by atoms with Crippen molar-refractivity contribution in [3.05, 3.63) is 0 Å². The smallest absolute Gasteiger partial charge is 0.303 e. The van der Waals surface area contributed by atoms with Crippen molar-refractivity contribution in [1.82, 2.24) is 10.2 Å². The van der Waals surface area contributed by atoms with Crippen molar-refractivity contribution in [1.29, 1.82) is 0 Å². The Balaban J connectivity index is 2.26. The van der Waals surface area contributed by atoms with Crippen LogP contribution in [-0.4, -0.2) is 47.4 Å². The fraction of sp³-hybridized carbons (Fsp3) is 0.824. The maximum atomic E-state index is 12.2. The largest absolute Gasteiger partial charge is 0.481 e. The summed E-state index contributed by atoms with van der Waals surface area (Å²) >= 11 is 0. The van der Waals surface area contributed by atoms with Gasteiger partial charge in [0.2, 0.25) is 11.8 Å². The minimum atomic E-state index is -0.775. The number of carbonyl (C=O) groups excluding carboxylic acids is 2. The van der Waals surface area contributed by atoms with E-state index in [1.807, 2.05) is 25.7 Å². The van der Waals surface area contributed by atoms with Crippen LogP contribution in [0, 0.1) is 11.3 Å². The number of nitrogens with zero attached hydrogens (tertiary/aromatic N) is 1. The second-order valence-electron chi connectivity index (χ2n) is 7.39. The fourth-order valence-corrected chi connectivity index (χ4v) is 2.72. The van der Waals surface area contributed by atoms with Crippen LogP contribution in [0.5, 0.6) is 0 Å². The van der Waals surface area contributed by atoms with Crippen LogP contribution in [0.1, 0.15) is 59.3 Å². The molecule has 1 rings (SSSR count). The van der Waals surface area contributed by atoms with Crippen LogP contribution < -0.4 is 5.32 Å². The molecule has 0 aromatic carbocycles. The number of rotatable bonds is 7. The zero-order valence-corrected chi connectivity index (χ0v) is 14.6. The molecular formula is C17H30N2O4. The minimum absolute atomic E-state index is 0.00310. The summed E-state index contributed by atoms with van der Waals surface area (Å²) in [5, 5.41) is 11.6. The van der Waals surface area contributed by atoms with Gasteiger partial charge in [-0.1, -0.05) is 20.8 Å². The van der Waals surface area contributed by atoms with E-state index in [2.05, 4.69) is 5.32 Å². The third-order valence-electron chi connectivity index (χ3n) is 4.17. The van der Waals surface area contributed by atoms with Crippen LogP contribution >= 0.6 is 0 Å². The van der Waals surface area contributed by atoms with Crippen LogP contribution in [0.25, 0.3) is 0 Å². The lowest BCUT2D eigenvalue weighted by atomic mass is 9.93. The first-order chi connectivity index (χ1) is 10.7. The highest BCUT2D eigenvalue weighted by Crippen LogP contribution is 2.21. The van der Waals surface area contributed by atoms with Crippen LogP contribution in [0.4, 0.5) is 0 Å². The summed E-state index contributed by atoms with van der Waals surface area (Å²) in [6.45, 7) is 7.52. The number of carboxylic acid groups (broad SMARTS) is 1. The van der Waals surface area contributed by atoms with Crippen molar-refractivity contribution < 1.29 is 19.5 Å². The van der Waals surface area contributed by atoms with Crippen LogP contribution in [0.15, 0.2) is 0 Å². The fourth-order valence-electron chi connectivity index (χ4n) is 2.72. The Morgan fingerprint density at radius 1 is 1.22 bits per heavy atom. The van der Waals surface area contributed by atoms with Crippen molar-refractivity contribution in [3.63, 3.8) is 0 Å². The molecule has 0 bridgehead atoms. The first kappa shape index (κ1) is 19.5. The third-order valence-corrected chi connectivity index (χ3v) is 4.17. The molecule has 1 aliphatic heterocycles. The molecule has 1 aliphatic rings. The van der Waals surface area contributed by atoms with Crippen molar-refractivity contribution in [3.8, 4) is 0 Å². The number of piperidine rings is 1. The maximum Gasteiger partial charge on any atom is 0.303 e. The van der Waals surface area contributed by atoms with Crippen molar-refractivity contribution in [2.24, 2.45) is 11.3 Å². The second-order valence-corrected chi connectivity index (χ2v) is 7.39. The molecule has 0 aliphatic carbocycles. The molecule has 1 saturated heterocycles. The monoisotopic (exact) mass is 326 g/mol. The van der Waals surface area contributed by atoms with E-state index >= 15 is 0 Å². The van der Waals surface area contributed by atoms with E-state index in [4.69, 9.17) is 5.11 Å². The number of amides is 2. The van der Waals surface area contributed by atoms with Gasteiger partial charge in [0.1, 0.15) is 0 Å². The number of carboxylic acids is 1. The predicted molar refractivity (Wildman–Crippen MR) is 87.9 cm³/mol. The van der Waals surface area contributed by atoms with E-state index in [0.29, 0.717) is 38.3 Å². The van der Waals surface area contributed by atoms with Crippen molar-refractivity contribution >= 4 is 17.8 Å². The highest BCUT2D eigenvalue weighted by molar-refractivity contribution is 5.81. The molecule has 0 aromatic rings. The molecule has 132 valence electrons. The van der Waals surface area contributed by atoms with Gasteiger partial charge in [0, 0.05) is 37.9 Å². The van der Waals surface area contributed by atoms with E-state index < -0.39 is 11.4 Å². The number of aliphatic carboxylic acids is 1. The van der Waals surface area contributed by atoms with Gasteiger partial charge in [-0.3, -0.25) is 14.4 Å². The Hall–Kier alpha value is -1.59. The Labute approximate surface area is 138 Å². The molecule has 0 spiro atoms. The molecule has 6 nitrogen and oxygen atoms in total. The first-order valence-electron chi connectivity index (χ1n) is 8.48. The Morgan fingerprint density at radius 2 is 1.91 bits per heavy atom. The average molecular weight is 326 g/mol. The van der Waals surface area contributed by atoms with Crippen LogP contribution in [0.2, 0.25) is 0 Å². The van der Waals surface area contributed by atoms with Crippen molar-refractivity contribution in [2.45, 2.75) is 59.3 Å². The number of carbonyl (C=O) groups is 3. The van der Waals surface area contributed by atoms with Crippen LogP contribution in [-0.2, 0) is 14.4 Å². The van der Waals surface area contributed by atoms with Gasteiger partial charge < -0.3 is 15.3 Å². The number of hydrogen-bond donors (Lipinski definition) is 2. The molecular weight excluding hydrogens is 296 g/mol. The standard InChI is InChI=1S/C17H30N2O4/c1-17(2,3)16(23)18-10-4-7-14(20)19-11-5-6-13(12-19)8-9-15(21)22/h13H,4-12H2,1-3H3,(H,18,23)(H,21,22). The lowest BCUT2D eigenvalue weighted by molar-refractivity contribution is -0.137. The Morgan fingerprint density at radius 3 is 2.52 bits per heavy atom. The highest BCUT2D eigenvalue weighted by atomic mass is 16.4. The lowest BCUT2D eigenvalue weighted by Crippen LogP contribution is -2.40. The van der Waals surface area contributed by atoms with Gasteiger partial charge in [-0.25, -0.2) is 0 Å². The van der Waals surface area contributed by atoms with Gasteiger partial charge >= 0.3 is 5.97 Å². The zero-order valence-electron chi connectivity index (χ0n) is 14.6. The summed E-state index contributed by atoms with van der Waals surface area (Å²) in [6, 6.07) is 0. The summed E-state index contributed by atoms with van der Waals surface area (Å²) < 4.78 is 0. The summed E-state index contributed by atoms with van der Waals surface area (Å²) in [5.41, 5.74) is -0.408. The first-order valence-corrected chi connectivity index (χ1v) is 8.48. The normalized spacial score (nSPS) is 18.6. The summed E-state index contributed by atoms with van der Waals surface area (Å²) in [7, 11) is 0. The molecule has 1 fully saturated rings. The van der Waals surface area contributed by atoms with Gasteiger partial charge in [-0.05, 0) is 31.6 Å². The molecule has 2 N–H and O–H groups in total. The van der Waals surface area contributed by atoms with Gasteiger partial charge in [0.25, 0.3) is 0 Å². The molecule has 1 atom stereocenters. The molecule has 0 aromatic heterocycles. The average Bonchev–Trinajstić information content (AvgIpc) is 2.48. The quantitative estimate of drug-likeness (QED) is 0.701. The summed E-state index contributed by atoms with van der Waals surface area (Å²) in [4.78, 5) is 36.4. The number of likely N-dealkylation sites (tertiary alicyclic amines) is 1.